The van der Waals surface area contributed by atoms with Crippen molar-refractivity contribution >= 4 is 0 Å². The molecule has 0 aromatic heterocycles. The quantitative estimate of drug-likeness (QED) is 0.661. The van der Waals surface area contributed by atoms with Gasteiger partial charge in [-0.3, -0.25) is 0 Å². The van der Waals surface area contributed by atoms with E-state index in [9.17, 15) is 5.11 Å². The molecule has 0 radical (unpaired) electrons. The zero-order chi connectivity index (χ0) is 9.41. The zero-order valence-electron chi connectivity index (χ0n) is 8.43. The molecule has 3 N–H and O–H groups in total. The largest absolute Gasteiger partial charge is 0.388 e. The normalized spacial score (nSPS) is 24.8. The highest BCUT2D eigenvalue weighted by Crippen LogP contribution is 2.45. The average Bonchev–Trinajstić information content (AvgIpc) is 1.81. The first-order valence-corrected chi connectivity index (χ1v) is 4.84. The van der Waals surface area contributed by atoms with Crippen molar-refractivity contribution in [2.24, 2.45) is 17.1 Å². The lowest BCUT2D eigenvalue weighted by Gasteiger charge is -2.49. The summed E-state index contributed by atoms with van der Waals surface area (Å²) in [6, 6.07) is 0. The Bertz CT molecular complexity index is 158. The van der Waals surface area contributed by atoms with Gasteiger partial charge in [-0.25, -0.2) is 0 Å². The van der Waals surface area contributed by atoms with Crippen molar-refractivity contribution in [2.45, 2.75) is 45.6 Å². The Balaban J connectivity index is 2.73. The minimum absolute atomic E-state index is 0.0904. The van der Waals surface area contributed by atoms with Gasteiger partial charge in [-0.05, 0) is 24.2 Å². The van der Waals surface area contributed by atoms with E-state index < -0.39 is 5.60 Å². The van der Waals surface area contributed by atoms with Crippen LogP contribution in [0.1, 0.15) is 40.0 Å². The van der Waals surface area contributed by atoms with E-state index in [0.29, 0.717) is 12.5 Å². The Morgan fingerprint density at radius 1 is 1.33 bits per heavy atom. The van der Waals surface area contributed by atoms with Crippen LogP contribution in [0, 0.1) is 11.3 Å². The van der Waals surface area contributed by atoms with E-state index in [1.807, 2.05) is 0 Å². The van der Waals surface area contributed by atoms with Crippen LogP contribution in [0.25, 0.3) is 0 Å². The van der Waals surface area contributed by atoms with Crippen LogP contribution in [0.4, 0.5) is 0 Å². The highest BCUT2D eigenvalue weighted by atomic mass is 16.3. The van der Waals surface area contributed by atoms with Gasteiger partial charge in [-0.1, -0.05) is 27.2 Å². The molecule has 0 spiro atoms. The van der Waals surface area contributed by atoms with Gasteiger partial charge in [0.1, 0.15) is 0 Å². The number of hydrogen-bond donors (Lipinski definition) is 2. The fraction of sp³-hybridized carbons (Fsp3) is 1.00. The van der Waals surface area contributed by atoms with Gasteiger partial charge in [0.2, 0.25) is 0 Å². The summed E-state index contributed by atoms with van der Waals surface area (Å²) in [5.41, 5.74) is 4.92. The zero-order valence-corrected chi connectivity index (χ0v) is 8.43. The highest BCUT2D eigenvalue weighted by molar-refractivity contribution is 4.99. The molecular formula is C10H21NO. The molecule has 12 heavy (non-hydrogen) atoms. The van der Waals surface area contributed by atoms with Gasteiger partial charge < -0.3 is 10.8 Å². The topological polar surface area (TPSA) is 46.2 Å². The summed E-state index contributed by atoms with van der Waals surface area (Å²) in [6.45, 7) is 6.59. The first-order valence-electron chi connectivity index (χ1n) is 4.84. The Kier molecular flexibility index (Phi) is 2.50. The van der Waals surface area contributed by atoms with Crippen molar-refractivity contribution in [1.82, 2.24) is 0 Å². The van der Waals surface area contributed by atoms with Crippen molar-refractivity contribution in [3.63, 3.8) is 0 Å². The predicted molar refractivity (Wildman–Crippen MR) is 50.8 cm³/mol. The Hall–Kier alpha value is -0.0800. The van der Waals surface area contributed by atoms with Crippen molar-refractivity contribution in [1.29, 1.82) is 0 Å². The second-order valence-electron chi connectivity index (χ2n) is 5.01. The SMILES string of the molecule is CC(C)(C)C(O)(CN)C1CCC1. The van der Waals surface area contributed by atoms with Crippen molar-refractivity contribution < 1.29 is 5.11 Å². The van der Waals surface area contributed by atoms with E-state index in [2.05, 4.69) is 20.8 Å². The Morgan fingerprint density at radius 3 is 1.92 bits per heavy atom. The molecule has 1 aliphatic rings. The van der Waals surface area contributed by atoms with Crippen molar-refractivity contribution in [3.05, 3.63) is 0 Å². The Labute approximate surface area is 75.2 Å². The van der Waals surface area contributed by atoms with Crippen LogP contribution in [0.2, 0.25) is 0 Å². The van der Waals surface area contributed by atoms with Gasteiger partial charge >= 0.3 is 0 Å². The van der Waals surface area contributed by atoms with E-state index in [0.717, 1.165) is 12.8 Å². The summed E-state index contributed by atoms with van der Waals surface area (Å²) in [7, 11) is 0. The molecule has 2 nitrogen and oxygen atoms in total. The van der Waals surface area contributed by atoms with Crippen LogP contribution in [0.5, 0.6) is 0 Å². The van der Waals surface area contributed by atoms with Gasteiger partial charge in [0.15, 0.2) is 0 Å². The third kappa shape index (κ3) is 1.38. The number of aliphatic hydroxyl groups is 1. The first-order chi connectivity index (χ1) is 5.42. The van der Waals surface area contributed by atoms with Crippen LogP contribution < -0.4 is 5.73 Å². The van der Waals surface area contributed by atoms with Gasteiger partial charge in [0.05, 0.1) is 5.60 Å². The van der Waals surface area contributed by atoms with E-state index in [1.165, 1.54) is 6.42 Å². The fourth-order valence-corrected chi connectivity index (χ4v) is 1.97. The molecular weight excluding hydrogens is 150 g/mol. The molecule has 1 unspecified atom stereocenters. The molecule has 0 saturated heterocycles. The molecule has 0 amide bonds. The average molecular weight is 171 g/mol. The minimum Gasteiger partial charge on any atom is -0.388 e. The standard InChI is InChI=1S/C10H21NO/c1-9(2,3)10(12,7-11)8-5-4-6-8/h8,12H,4-7,11H2,1-3H3. The second-order valence-corrected chi connectivity index (χ2v) is 5.01. The molecule has 0 aromatic carbocycles. The summed E-state index contributed by atoms with van der Waals surface area (Å²) in [6.07, 6.45) is 3.54. The third-order valence-corrected chi connectivity index (χ3v) is 3.39. The first kappa shape index (κ1) is 10.0. The molecule has 0 aliphatic heterocycles. The summed E-state index contributed by atoms with van der Waals surface area (Å²) < 4.78 is 0. The maximum atomic E-state index is 10.4. The van der Waals surface area contributed by atoms with Gasteiger partial charge in [0, 0.05) is 6.54 Å². The molecule has 2 heteroatoms. The molecule has 0 bridgehead atoms. The van der Waals surface area contributed by atoms with Crippen molar-refractivity contribution in [2.75, 3.05) is 6.54 Å². The lowest BCUT2D eigenvalue weighted by molar-refractivity contribution is -0.119. The molecule has 1 fully saturated rings. The molecule has 1 atom stereocenters. The fourth-order valence-electron chi connectivity index (χ4n) is 1.97. The maximum absolute atomic E-state index is 10.4. The molecule has 0 aromatic rings. The van der Waals surface area contributed by atoms with Crippen LogP contribution in [0.15, 0.2) is 0 Å². The van der Waals surface area contributed by atoms with E-state index >= 15 is 0 Å². The van der Waals surface area contributed by atoms with Gasteiger partial charge in [0.25, 0.3) is 0 Å². The van der Waals surface area contributed by atoms with E-state index in [-0.39, 0.29) is 5.41 Å². The lowest BCUT2D eigenvalue weighted by atomic mass is 9.62. The number of hydrogen-bond acceptors (Lipinski definition) is 2. The van der Waals surface area contributed by atoms with E-state index in [4.69, 9.17) is 5.73 Å². The highest BCUT2D eigenvalue weighted by Gasteiger charge is 2.47. The molecule has 1 aliphatic carbocycles. The molecule has 1 rings (SSSR count). The maximum Gasteiger partial charge on any atom is 0.0845 e. The lowest BCUT2D eigenvalue weighted by Crippen LogP contribution is -2.56. The summed E-state index contributed by atoms with van der Waals surface area (Å²) in [4.78, 5) is 0. The molecule has 1 saturated carbocycles. The number of nitrogens with two attached hydrogens (primary N) is 1. The second kappa shape index (κ2) is 3.00. The summed E-state index contributed by atoms with van der Waals surface area (Å²) in [5.74, 6) is 0.433. The molecule has 0 heterocycles. The van der Waals surface area contributed by atoms with Crippen molar-refractivity contribution in [3.8, 4) is 0 Å². The number of rotatable bonds is 2. The minimum atomic E-state index is -0.648. The predicted octanol–water partition coefficient (Wildman–Crippen LogP) is 1.52. The smallest absolute Gasteiger partial charge is 0.0845 e. The van der Waals surface area contributed by atoms with Crippen LogP contribution in [-0.2, 0) is 0 Å². The Morgan fingerprint density at radius 2 is 1.83 bits per heavy atom. The third-order valence-electron chi connectivity index (χ3n) is 3.39. The van der Waals surface area contributed by atoms with Gasteiger partial charge in [-0.15, -0.1) is 0 Å². The van der Waals surface area contributed by atoms with E-state index in [1.54, 1.807) is 0 Å². The van der Waals surface area contributed by atoms with Gasteiger partial charge in [-0.2, -0.15) is 0 Å². The summed E-state index contributed by atoms with van der Waals surface area (Å²) in [5, 5.41) is 10.4. The van der Waals surface area contributed by atoms with Crippen LogP contribution in [-0.4, -0.2) is 17.3 Å². The van der Waals surface area contributed by atoms with Crippen LogP contribution in [0.3, 0.4) is 0 Å². The summed E-state index contributed by atoms with van der Waals surface area (Å²) >= 11 is 0. The molecule has 72 valence electrons. The van der Waals surface area contributed by atoms with Crippen LogP contribution >= 0.6 is 0 Å². The monoisotopic (exact) mass is 171 g/mol.